The number of benzene rings is 1. The molecule has 144 valence electrons. The van der Waals surface area contributed by atoms with Crippen molar-refractivity contribution in [2.75, 3.05) is 0 Å². The van der Waals surface area contributed by atoms with E-state index in [-0.39, 0.29) is 30.3 Å². The number of carbonyl (C=O) groups is 2. The van der Waals surface area contributed by atoms with E-state index in [9.17, 15) is 14.4 Å². The van der Waals surface area contributed by atoms with Crippen LogP contribution in [0.3, 0.4) is 0 Å². The number of primary amides is 1. The summed E-state index contributed by atoms with van der Waals surface area (Å²) in [5.74, 6) is -1.06. The summed E-state index contributed by atoms with van der Waals surface area (Å²) in [6.45, 7) is 0.317. The van der Waals surface area contributed by atoms with E-state index in [0.717, 1.165) is 37.3 Å². The molecule has 0 saturated heterocycles. The van der Waals surface area contributed by atoms with Crippen molar-refractivity contribution in [2.24, 2.45) is 5.73 Å². The summed E-state index contributed by atoms with van der Waals surface area (Å²) in [6.07, 6.45) is 3.72. The van der Waals surface area contributed by atoms with Gasteiger partial charge in [-0.1, -0.05) is 43.2 Å². The normalized spacial score (nSPS) is 19.6. The van der Waals surface area contributed by atoms with Gasteiger partial charge >= 0.3 is 0 Å². The zero-order chi connectivity index (χ0) is 19.2. The van der Waals surface area contributed by atoms with Gasteiger partial charge in [-0.05, 0) is 18.4 Å². The van der Waals surface area contributed by atoms with Crippen LogP contribution in [0.5, 0.6) is 0 Å². The van der Waals surface area contributed by atoms with Crippen LogP contribution in [0.15, 0.2) is 41.2 Å². The minimum Gasteiger partial charge on any atom is -0.371 e. The second kappa shape index (κ2) is 8.68. The summed E-state index contributed by atoms with van der Waals surface area (Å²) in [7, 11) is 0. The number of rotatable bonds is 7. The first-order valence-corrected chi connectivity index (χ1v) is 9.07. The lowest BCUT2D eigenvalue weighted by atomic mass is 9.92. The summed E-state index contributed by atoms with van der Waals surface area (Å²) in [4.78, 5) is 35.2. The SMILES string of the molecule is NC(=O)c1cc(=O)[nH]n1CC(=O)N[C@H]1CCCC[C@@H]1OCc1ccccc1. The van der Waals surface area contributed by atoms with Crippen LogP contribution < -0.4 is 16.6 Å². The molecule has 1 aromatic carbocycles. The van der Waals surface area contributed by atoms with Gasteiger partial charge in [-0.2, -0.15) is 0 Å². The number of aromatic amines is 1. The van der Waals surface area contributed by atoms with Crippen molar-refractivity contribution in [3.05, 3.63) is 58.0 Å². The summed E-state index contributed by atoms with van der Waals surface area (Å²) in [5.41, 5.74) is 5.83. The number of hydrogen-bond donors (Lipinski definition) is 3. The fraction of sp³-hybridized carbons (Fsp3) is 0.421. The molecule has 8 heteroatoms. The molecule has 1 aliphatic rings. The molecule has 1 fully saturated rings. The average Bonchev–Trinajstić information content (AvgIpc) is 3.02. The first-order valence-electron chi connectivity index (χ1n) is 9.07. The van der Waals surface area contributed by atoms with Gasteiger partial charge in [0.15, 0.2) is 0 Å². The largest absolute Gasteiger partial charge is 0.371 e. The Hall–Kier alpha value is -2.87. The first-order chi connectivity index (χ1) is 13.0. The number of aromatic nitrogens is 2. The highest BCUT2D eigenvalue weighted by Crippen LogP contribution is 2.22. The van der Waals surface area contributed by atoms with Gasteiger partial charge in [0.05, 0.1) is 18.8 Å². The average molecular weight is 372 g/mol. The van der Waals surface area contributed by atoms with Gasteiger partial charge in [0, 0.05) is 6.07 Å². The maximum absolute atomic E-state index is 12.4. The van der Waals surface area contributed by atoms with Crippen LogP contribution in [0.2, 0.25) is 0 Å². The highest BCUT2D eigenvalue weighted by atomic mass is 16.5. The number of nitrogens with two attached hydrogens (primary N) is 1. The lowest BCUT2D eigenvalue weighted by Crippen LogP contribution is -2.47. The van der Waals surface area contributed by atoms with Gasteiger partial charge in [0.2, 0.25) is 5.91 Å². The molecule has 8 nitrogen and oxygen atoms in total. The van der Waals surface area contributed by atoms with E-state index in [0.29, 0.717) is 6.61 Å². The second-order valence-electron chi connectivity index (χ2n) is 6.75. The van der Waals surface area contributed by atoms with E-state index in [4.69, 9.17) is 10.5 Å². The van der Waals surface area contributed by atoms with E-state index >= 15 is 0 Å². The van der Waals surface area contributed by atoms with Crippen LogP contribution in [0.25, 0.3) is 0 Å². The third-order valence-corrected chi connectivity index (χ3v) is 4.71. The summed E-state index contributed by atoms with van der Waals surface area (Å²) in [5, 5.41) is 5.39. The Morgan fingerprint density at radius 1 is 1.22 bits per heavy atom. The number of H-pyrrole nitrogens is 1. The predicted octanol–water partition coefficient (Wildman–Crippen LogP) is 0.920. The second-order valence-corrected chi connectivity index (χ2v) is 6.75. The molecule has 0 bridgehead atoms. The molecule has 1 heterocycles. The van der Waals surface area contributed by atoms with Crippen molar-refractivity contribution in [2.45, 2.75) is 51.0 Å². The Labute approximate surface area is 156 Å². The Balaban J connectivity index is 1.59. The number of nitrogens with one attached hydrogen (secondary N) is 2. The van der Waals surface area contributed by atoms with Crippen LogP contribution in [-0.2, 0) is 22.7 Å². The van der Waals surface area contributed by atoms with Gasteiger partial charge in [-0.25, -0.2) is 0 Å². The van der Waals surface area contributed by atoms with Crippen molar-refractivity contribution in [3.8, 4) is 0 Å². The molecule has 1 saturated carbocycles. The predicted molar refractivity (Wildman–Crippen MR) is 99.0 cm³/mol. The number of amides is 2. The third kappa shape index (κ3) is 5.07. The number of ether oxygens (including phenoxy) is 1. The number of hydrogen-bond acceptors (Lipinski definition) is 4. The lowest BCUT2D eigenvalue weighted by Gasteiger charge is -2.32. The van der Waals surface area contributed by atoms with Crippen molar-refractivity contribution in [3.63, 3.8) is 0 Å². The van der Waals surface area contributed by atoms with Crippen LogP contribution in [-0.4, -0.2) is 33.7 Å². The minimum absolute atomic E-state index is 0.0179. The van der Waals surface area contributed by atoms with Crippen molar-refractivity contribution >= 4 is 11.8 Å². The zero-order valence-electron chi connectivity index (χ0n) is 15.0. The Morgan fingerprint density at radius 2 is 1.96 bits per heavy atom. The molecule has 1 aliphatic carbocycles. The molecular formula is C19H24N4O4. The van der Waals surface area contributed by atoms with E-state index in [1.165, 1.54) is 4.68 Å². The van der Waals surface area contributed by atoms with Crippen LogP contribution in [0.4, 0.5) is 0 Å². The molecule has 0 aliphatic heterocycles. The third-order valence-electron chi connectivity index (χ3n) is 4.71. The summed E-state index contributed by atoms with van der Waals surface area (Å²) >= 11 is 0. The Bertz CT molecular complexity index is 843. The van der Waals surface area contributed by atoms with Crippen LogP contribution in [0, 0.1) is 0 Å². The van der Waals surface area contributed by atoms with Gasteiger partial charge in [0.1, 0.15) is 12.2 Å². The van der Waals surface area contributed by atoms with E-state index in [1.807, 2.05) is 30.3 Å². The maximum atomic E-state index is 12.4. The molecular weight excluding hydrogens is 348 g/mol. The summed E-state index contributed by atoms with van der Waals surface area (Å²) < 4.78 is 7.21. The molecule has 2 atom stereocenters. The molecule has 0 radical (unpaired) electrons. The Kier molecular flexibility index (Phi) is 6.08. The molecule has 2 aromatic rings. The smallest absolute Gasteiger partial charge is 0.267 e. The van der Waals surface area contributed by atoms with E-state index in [1.54, 1.807) is 0 Å². The van der Waals surface area contributed by atoms with Gasteiger partial charge in [-0.3, -0.25) is 24.2 Å². The summed E-state index contributed by atoms with van der Waals surface area (Å²) in [6, 6.07) is 10.9. The molecule has 3 rings (SSSR count). The highest BCUT2D eigenvalue weighted by Gasteiger charge is 2.27. The van der Waals surface area contributed by atoms with Gasteiger partial charge < -0.3 is 15.8 Å². The van der Waals surface area contributed by atoms with Gasteiger partial charge in [-0.15, -0.1) is 0 Å². The molecule has 2 amide bonds. The quantitative estimate of drug-likeness (QED) is 0.669. The van der Waals surface area contributed by atoms with Crippen molar-refractivity contribution in [1.82, 2.24) is 15.1 Å². The zero-order valence-corrected chi connectivity index (χ0v) is 15.0. The molecule has 0 spiro atoms. The van der Waals surface area contributed by atoms with E-state index in [2.05, 4.69) is 10.4 Å². The van der Waals surface area contributed by atoms with Crippen molar-refractivity contribution < 1.29 is 14.3 Å². The minimum atomic E-state index is -0.761. The highest BCUT2D eigenvalue weighted by molar-refractivity contribution is 5.91. The van der Waals surface area contributed by atoms with Crippen molar-refractivity contribution in [1.29, 1.82) is 0 Å². The van der Waals surface area contributed by atoms with Crippen LogP contribution in [0.1, 0.15) is 41.7 Å². The fourth-order valence-electron chi connectivity index (χ4n) is 3.39. The van der Waals surface area contributed by atoms with Gasteiger partial charge in [0.25, 0.3) is 11.5 Å². The number of nitrogens with zero attached hydrogens (tertiary/aromatic N) is 1. The first kappa shape index (κ1) is 18.9. The topological polar surface area (TPSA) is 119 Å². The monoisotopic (exact) mass is 372 g/mol. The lowest BCUT2D eigenvalue weighted by molar-refractivity contribution is -0.124. The fourth-order valence-corrected chi connectivity index (χ4v) is 3.39. The Morgan fingerprint density at radius 3 is 2.70 bits per heavy atom. The standard InChI is InChI=1S/C19H24N4O4/c20-19(26)15-10-17(24)22-23(15)11-18(25)21-14-8-4-5-9-16(14)27-12-13-6-2-1-3-7-13/h1-3,6-7,10,14,16H,4-5,8-9,11-12H2,(H2,20,26)(H,21,25)(H,22,24)/t14-,16-/m0/s1. The van der Waals surface area contributed by atoms with Crippen LogP contribution >= 0.6 is 0 Å². The number of carbonyl (C=O) groups excluding carboxylic acids is 2. The van der Waals surface area contributed by atoms with E-state index < -0.39 is 11.5 Å². The molecule has 1 aromatic heterocycles. The molecule has 4 N–H and O–H groups in total. The molecule has 0 unspecified atom stereocenters. The molecule has 27 heavy (non-hydrogen) atoms. The maximum Gasteiger partial charge on any atom is 0.267 e.